The molecule has 0 spiro atoms. The van der Waals surface area contributed by atoms with Crippen molar-refractivity contribution in [1.82, 2.24) is 14.3 Å². The molecule has 6 nitrogen and oxygen atoms in total. The van der Waals surface area contributed by atoms with Crippen molar-refractivity contribution in [3.8, 4) is 11.5 Å². The van der Waals surface area contributed by atoms with E-state index in [0.717, 1.165) is 28.8 Å². The molecule has 0 radical (unpaired) electrons. The Bertz CT molecular complexity index is 838. The van der Waals surface area contributed by atoms with Crippen molar-refractivity contribution in [2.24, 2.45) is 0 Å². The van der Waals surface area contributed by atoms with Crippen LogP contribution in [0.1, 0.15) is 31.2 Å². The Morgan fingerprint density at radius 1 is 1.23 bits per heavy atom. The summed E-state index contributed by atoms with van der Waals surface area (Å²) in [5, 5.41) is 4.82. The lowest BCUT2D eigenvalue weighted by atomic mass is 10.1. The van der Waals surface area contributed by atoms with E-state index in [2.05, 4.69) is 6.58 Å². The summed E-state index contributed by atoms with van der Waals surface area (Å²) in [5.74, 6) is 2.33. The second-order valence-electron chi connectivity index (χ2n) is 6.87. The van der Waals surface area contributed by atoms with Crippen molar-refractivity contribution in [1.29, 1.82) is 0 Å². The van der Waals surface area contributed by atoms with Gasteiger partial charge < -0.3 is 14.4 Å². The highest BCUT2D eigenvalue weighted by atomic mass is 32.1. The number of nitrogens with zero attached hydrogens (tertiary/aromatic N) is 3. The molecule has 1 saturated heterocycles. The predicted octanol–water partition coefficient (Wildman–Crippen LogP) is 2.14. The molecule has 7 heteroatoms. The van der Waals surface area contributed by atoms with Crippen molar-refractivity contribution in [2.45, 2.75) is 38.6 Å². The average molecular weight is 374 g/mol. The Labute approximate surface area is 158 Å². The van der Waals surface area contributed by atoms with E-state index in [4.69, 9.17) is 26.8 Å². The first-order chi connectivity index (χ1) is 12.8. The van der Waals surface area contributed by atoms with Crippen LogP contribution in [0.3, 0.4) is 0 Å². The normalized spacial score (nSPS) is 20.1. The highest BCUT2D eigenvalue weighted by Gasteiger charge is 2.28. The first kappa shape index (κ1) is 17.3. The van der Waals surface area contributed by atoms with Gasteiger partial charge in [-0.2, -0.15) is 4.68 Å². The van der Waals surface area contributed by atoms with Crippen LogP contribution in [0.4, 0.5) is 0 Å². The number of fused-ring (bicyclic) bond motifs is 1. The molecule has 3 heterocycles. The smallest absolute Gasteiger partial charge is 0.203 e. The van der Waals surface area contributed by atoms with Crippen molar-refractivity contribution in [3.63, 3.8) is 0 Å². The van der Waals surface area contributed by atoms with Gasteiger partial charge >= 0.3 is 0 Å². The topological polar surface area (TPSA) is 45.6 Å². The van der Waals surface area contributed by atoms with Gasteiger partial charge in [0, 0.05) is 6.54 Å². The zero-order chi connectivity index (χ0) is 17.9. The van der Waals surface area contributed by atoms with E-state index in [9.17, 15) is 0 Å². The van der Waals surface area contributed by atoms with Crippen LogP contribution in [-0.4, -0.2) is 34.0 Å². The number of hydrogen-bond acceptors (Lipinski definition) is 4. The molecule has 1 fully saturated rings. The fraction of sp³-hybridized carbons (Fsp3) is 0.474. The number of ether oxygens (including phenoxy) is 2. The third-order valence-electron chi connectivity index (χ3n) is 4.99. The molecule has 0 saturated carbocycles. The van der Waals surface area contributed by atoms with Crippen LogP contribution < -0.4 is 14.4 Å². The number of nitrogens with one attached hydrogen (secondary N) is 1. The molecule has 0 unspecified atom stereocenters. The first-order valence-electron chi connectivity index (χ1n) is 9.27. The van der Waals surface area contributed by atoms with Gasteiger partial charge in [-0.3, -0.25) is 4.57 Å². The monoisotopic (exact) mass is 373 g/mol. The maximum atomic E-state index is 6.15. The van der Waals surface area contributed by atoms with Gasteiger partial charge in [0.2, 0.25) is 4.77 Å². The van der Waals surface area contributed by atoms with E-state index in [1.807, 2.05) is 39.6 Å². The van der Waals surface area contributed by atoms with Crippen molar-refractivity contribution >= 4 is 12.2 Å². The van der Waals surface area contributed by atoms with Gasteiger partial charge in [-0.15, -0.1) is 11.7 Å². The fourth-order valence-electron chi connectivity index (χ4n) is 3.67. The number of piperidine rings is 1. The lowest BCUT2D eigenvalue weighted by Crippen LogP contribution is -3.12. The van der Waals surface area contributed by atoms with Crippen molar-refractivity contribution in [2.75, 3.05) is 19.7 Å². The van der Waals surface area contributed by atoms with E-state index in [0.29, 0.717) is 13.2 Å². The highest BCUT2D eigenvalue weighted by Crippen LogP contribution is 2.35. The Hall–Kier alpha value is -2.12. The highest BCUT2D eigenvalue weighted by molar-refractivity contribution is 7.71. The van der Waals surface area contributed by atoms with Crippen LogP contribution in [0.2, 0.25) is 0 Å². The lowest BCUT2D eigenvalue weighted by molar-refractivity contribution is -0.928. The van der Waals surface area contributed by atoms with E-state index in [1.54, 1.807) is 0 Å². The van der Waals surface area contributed by atoms with Gasteiger partial charge in [0.1, 0.15) is 6.61 Å². The number of para-hydroxylation sites is 2. The SMILES string of the molecule is C=CCn1c([C@@H]2COc3ccccc3O2)nn(C[NH+]2CCCCC2)c1=S. The Morgan fingerprint density at radius 2 is 2.00 bits per heavy atom. The number of hydrogen-bond donors (Lipinski definition) is 1. The molecule has 26 heavy (non-hydrogen) atoms. The van der Waals surface area contributed by atoms with Gasteiger partial charge in [-0.05, 0) is 43.6 Å². The lowest BCUT2D eigenvalue weighted by Gasteiger charge is -2.26. The van der Waals surface area contributed by atoms with E-state index >= 15 is 0 Å². The molecule has 2 aromatic rings. The van der Waals surface area contributed by atoms with E-state index < -0.39 is 0 Å². The van der Waals surface area contributed by atoms with Crippen molar-refractivity contribution in [3.05, 3.63) is 47.5 Å². The third-order valence-corrected chi connectivity index (χ3v) is 5.42. The summed E-state index contributed by atoms with van der Waals surface area (Å²) in [4.78, 5) is 1.54. The third kappa shape index (κ3) is 3.41. The summed E-state index contributed by atoms with van der Waals surface area (Å²) >= 11 is 5.70. The second kappa shape index (κ2) is 7.63. The molecule has 1 N–H and O–H groups in total. The number of benzene rings is 1. The minimum atomic E-state index is -0.274. The van der Waals surface area contributed by atoms with E-state index in [1.165, 1.54) is 37.3 Å². The minimum absolute atomic E-state index is 0.274. The molecule has 2 aliphatic rings. The van der Waals surface area contributed by atoms with Crippen LogP contribution in [-0.2, 0) is 13.2 Å². The van der Waals surface area contributed by atoms with Gasteiger partial charge in [0.05, 0.1) is 13.1 Å². The largest absolute Gasteiger partial charge is 0.485 e. The summed E-state index contributed by atoms with van der Waals surface area (Å²) in [6.07, 6.45) is 5.46. The van der Waals surface area contributed by atoms with Crippen LogP contribution in [0, 0.1) is 4.77 Å². The Balaban J connectivity index is 1.61. The molecule has 138 valence electrons. The van der Waals surface area contributed by atoms with Crippen LogP contribution in [0.15, 0.2) is 36.9 Å². The molecule has 0 amide bonds. The number of allylic oxidation sites excluding steroid dienone is 1. The zero-order valence-corrected chi connectivity index (χ0v) is 15.7. The van der Waals surface area contributed by atoms with Gasteiger partial charge in [-0.1, -0.05) is 18.2 Å². The average Bonchev–Trinajstić information content (AvgIpc) is 2.98. The molecule has 1 atom stereocenters. The van der Waals surface area contributed by atoms with Gasteiger partial charge in [-0.25, -0.2) is 0 Å². The van der Waals surface area contributed by atoms with Crippen LogP contribution >= 0.6 is 12.2 Å². The molecule has 0 bridgehead atoms. The number of aromatic nitrogens is 3. The van der Waals surface area contributed by atoms with E-state index in [-0.39, 0.29) is 6.10 Å². The van der Waals surface area contributed by atoms with Gasteiger partial charge in [0.15, 0.2) is 30.1 Å². The Morgan fingerprint density at radius 3 is 2.77 bits per heavy atom. The van der Waals surface area contributed by atoms with Gasteiger partial charge in [0.25, 0.3) is 0 Å². The molecule has 2 aliphatic heterocycles. The predicted molar refractivity (Wildman–Crippen MR) is 101 cm³/mol. The summed E-state index contributed by atoms with van der Waals surface area (Å²) in [7, 11) is 0. The van der Waals surface area contributed by atoms with Crippen LogP contribution in [0.5, 0.6) is 11.5 Å². The van der Waals surface area contributed by atoms with Crippen LogP contribution in [0.25, 0.3) is 0 Å². The maximum Gasteiger partial charge on any atom is 0.203 e. The number of likely N-dealkylation sites (tertiary alicyclic amines) is 1. The molecular weight excluding hydrogens is 348 g/mol. The quantitative estimate of drug-likeness (QED) is 0.644. The standard InChI is InChI=1S/C19H24N4O2S/c1-2-10-22-18(17-13-24-15-8-4-5-9-16(15)25-17)20-23(19(22)26)14-21-11-6-3-7-12-21/h2,4-5,8-9,17H,1,3,6-7,10-14H2/p+1/t17-/m0/s1. The zero-order valence-electron chi connectivity index (χ0n) is 14.9. The molecule has 1 aromatic carbocycles. The summed E-state index contributed by atoms with van der Waals surface area (Å²) < 4.78 is 16.7. The second-order valence-corrected chi connectivity index (χ2v) is 7.24. The summed E-state index contributed by atoms with van der Waals surface area (Å²) in [6, 6.07) is 7.72. The summed E-state index contributed by atoms with van der Waals surface area (Å²) in [6.45, 7) is 8.08. The maximum absolute atomic E-state index is 6.15. The fourth-order valence-corrected chi connectivity index (χ4v) is 3.94. The van der Waals surface area contributed by atoms with Crippen molar-refractivity contribution < 1.29 is 14.4 Å². The molecule has 4 rings (SSSR count). The molecular formula is C19H25N4O2S+. The molecule has 0 aliphatic carbocycles. The summed E-state index contributed by atoms with van der Waals surface area (Å²) in [5.41, 5.74) is 0. The minimum Gasteiger partial charge on any atom is -0.485 e. The number of quaternary nitrogens is 1. The molecule has 1 aromatic heterocycles. The number of rotatable bonds is 5. The Kier molecular flexibility index (Phi) is 5.08. The first-order valence-corrected chi connectivity index (χ1v) is 9.67.